The SMILES string of the molecule is NC(N)=NC(N)=Nc1ccc(C2CCCNC2)cc1. The van der Waals surface area contributed by atoms with E-state index < -0.39 is 0 Å². The Morgan fingerprint density at radius 1 is 1.16 bits per heavy atom. The van der Waals surface area contributed by atoms with Crippen LogP contribution in [-0.2, 0) is 0 Å². The average molecular weight is 260 g/mol. The minimum absolute atomic E-state index is 0.0621. The topological polar surface area (TPSA) is 115 Å². The van der Waals surface area contributed by atoms with Gasteiger partial charge in [-0.05, 0) is 43.0 Å². The van der Waals surface area contributed by atoms with Crippen LogP contribution in [-0.4, -0.2) is 25.0 Å². The predicted octanol–water partition coefficient (Wildman–Crippen LogP) is 0.373. The van der Waals surface area contributed by atoms with Gasteiger partial charge in [0.2, 0.25) is 5.96 Å². The fourth-order valence-electron chi connectivity index (χ4n) is 2.25. The first-order valence-electron chi connectivity index (χ1n) is 6.39. The second-order valence-corrected chi connectivity index (χ2v) is 4.64. The molecule has 1 aliphatic heterocycles. The van der Waals surface area contributed by atoms with E-state index in [1.54, 1.807) is 0 Å². The molecule has 2 rings (SSSR count). The second kappa shape index (κ2) is 6.19. The standard InChI is InChI=1S/C13H20N6/c14-12(15)19-13(16)18-11-5-3-9(4-6-11)10-2-1-7-17-8-10/h3-6,10,17H,1-2,7-8H2,(H6,14,15,16,18,19). The third-order valence-electron chi connectivity index (χ3n) is 3.15. The van der Waals surface area contributed by atoms with E-state index in [9.17, 15) is 0 Å². The van der Waals surface area contributed by atoms with Crippen molar-refractivity contribution < 1.29 is 0 Å². The van der Waals surface area contributed by atoms with Gasteiger partial charge in [-0.2, -0.15) is 4.99 Å². The number of aliphatic imine (C=N–C) groups is 2. The second-order valence-electron chi connectivity index (χ2n) is 4.64. The molecule has 0 saturated carbocycles. The average Bonchev–Trinajstić information content (AvgIpc) is 2.39. The van der Waals surface area contributed by atoms with Crippen molar-refractivity contribution >= 4 is 17.6 Å². The molecule has 1 fully saturated rings. The molecule has 6 heteroatoms. The molecule has 6 nitrogen and oxygen atoms in total. The van der Waals surface area contributed by atoms with Gasteiger partial charge in [-0.15, -0.1) is 0 Å². The van der Waals surface area contributed by atoms with Crippen LogP contribution >= 0.6 is 0 Å². The number of rotatable bonds is 2. The van der Waals surface area contributed by atoms with Gasteiger partial charge < -0.3 is 22.5 Å². The molecule has 0 aromatic heterocycles. The summed E-state index contributed by atoms with van der Waals surface area (Å²) in [6.07, 6.45) is 2.45. The lowest BCUT2D eigenvalue weighted by atomic mass is 9.92. The summed E-state index contributed by atoms with van der Waals surface area (Å²) < 4.78 is 0. The number of piperidine rings is 1. The Morgan fingerprint density at radius 2 is 1.89 bits per heavy atom. The lowest BCUT2D eigenvalue weighted by Crippen LogP contribution is -2.28. The van der Waals surface area contributed by atoms with Crippen molar-refractivity contribution in [2.45, 2.75) is 18.8 Å². The summed E-state index contributed by atoms with van der Waals surface area (Å²) in [7, 11) is 0. The molecule has 1 saturated heterocycles. The fourth-order valence-corrected chi connectivity index (χ4v) is 2.25. The molecule has 0 bridgehead atoms. The molecule has 102 valence electrons. The van der Waals surface area contributed by atoms with Crippen molar-refractivity contribution in [3.8, 4) is 0 Å². The Morgan fingerprint density at radius 3 is 2.47 bits per heavy atom. The molecule has 0 radical (unpaired) electrons. The Kier molecular flexibility index (Phi) is 4.35. The van der Waals surface area contributed by atoms with E-state index in [0.717, 1.165) is 18.8 Å². The quantitative estimate of drug-likeness (QED) is 0.454. The zero-order valence-corrected chi connectivity index (χ0v) is 10.8. The molecule has 1 aliphatic rings. The van der Waals surface area contributed by atoms with Gasteiger partial charge in [0.1, 0.15) is 0 Å². The molecule has 1 atom stereocenters. The zero-order valence-electron chi connectivity index (χ0n) is 10.8. The molecule has 7 N–H and O–H groups in total. The van der Waals surface area contributed by atoms with Gasteiger partial charge in [-0.1, -0.05) is 12.1 Å². The third-order valence-corrected chi connectivity index (χ3v) is 3.15. The smallest absolute Gasteiger partial charge is 0.223 e. The molecule has 1 aromatic carbocycles. The summed E-state index contributed by atoms with van der Waals surface area (Å²) in [6, 6.07) is 8.02. The van der Waals surface area contributed by atoms with Crippen LogP contribution in [0, 0.1) is 0 Å². The van der Waals surface area contributed by atoms with Crippen molar-refractivity contribution in [1.82, 2.24) is 5.32 Å². The van der Waals surface area contributed by atoms with Crippen molar-refractivity contribution in [3.63, 3.8) is 0 Å². The number of nitrogens with zero attached hydrogens (tertiary/aromatic N) is 2. The van der Waals surface area contributed by atoms with E-state index in [1.807, 2.05) is 12.1 Å². The highest BCUT2D eigenvalue weighted by Crippen LogP contribution is 2.25. The molecule has 1 heterocycles. The van der Waals surface area contributed by atoms with Gasteiger partial charge in [0, 0.05) is 6.54 Å². The minimum Gasteiger partial charge on any atom is -0.370 e. The maximum atomic E-state index is 5.58. The van der Waals surface area contributed by atoms with Crippen LogP contribution < -0.4 is 22.5 Å². The van der Waals surface area contributed by atoms with Crippen LogP contribution in [0.5, 0.6) is 0 Å². The van der Waals surface area contributed by atoms with Crippen LogP contribution in [0.25, 0.3) is 0 Å². The first-order valence-corrected chi connectivity index (χ1v) is 6.39. The van der Waals surface area contributed by atoms with Crippen LogP contribution in [0.2, 0.25) is 0 Å². The number of nitrogens with one attached hydrogen (secondary N) is 1. The Bertz CT molecular complexity index is 466. The monoisotopic (exact) mass is 260 g/mol. The largest absolute Gasteiger partial charge is 0.370 e. The number of benzene rings is 1. The summed E-state index contributed by atoms with van der Waals surface area (Å²) in [5, 5.41) is 3.41. The molecule has 0 spiro atoms. The van der Waals surface area contributed by atoms with E-state index in [4.69, 9.17) is 17.2 Å². The summed E-state index contributed by atoms with van der Waals surface area (Å²) in [5.41, 5.74) is 18.1. The Labute approximate surface area is 112 Å². The van der Waals surface area contributed by atoms with Gasteiger partial charge in [-0.25, -0.2) is 4.99 Å². The zero-order chi connectivity index (χ0) is 13.7. The van der Waals surface area contributed by atoms with Crippen LogP contribution in [0.3, 0.4) is 0 Å². The fraction of sp³-hybridized carbons (Fsp3) is 0.385. The van der Waals surface area contributed by atoms with Crippen LogP contribution in [0.15, 0.2) is 34.3 Å². The van der Waals surface area contributed by atoms with Crippen LogP contribution in [0.1, 0.15) is 24.3 Å². The molecule has 0 aliphatic carbocycles. The maximum absolute atomic E-state index is 5.58. The van der Waals surface area contributed by atoms with Gasteiger partial charge >= 0.3 is 0 Å². The van der Waals surface area contributed by atoms with Crippen molar-refractivity contribution in [1.29, 1.82) is 0 Å². The van der Waals surface area contributed by atoms with Crippen molar-refractivity contribution in [2.24, 2.45) is 27.2 Å². The summed E-state index contributed by atoms with van der Waals surface area (Å²) in [4.78, 5) is 7.79. The van der Waals surface area contributed by atoms with E-state index in [-0.39, 0.29) is 11.9 Å². The number of nitrogens with two attached hydrogens (primary N) is 3. The van der Waals surface area contributed by atoms with Crippen molar-refractivity contribution in [3.05, 3.63) is 29.8 Å². The molecule has 1 aromatic rings. The third kappa shape index (κ3) is 3.96. The number of hydrogen-bond acceptors (Lipinski definition) is 2. The van der Waals surface area contributed by atoms with Gasteiger partial charge in [0.25, 0.3) is 0 Å². The molecule has 0 amide bonds. The van der Waals surface area contributed by atoms with E-state index >= 15 is 0 Å². The number of hydrogen-bond donors (Lipinski definition) is 4. The van der Waals surface area contributed by atoms with Gasteiger partial charge in [-0.3, -0.25) is 0 Å². The number of guanidine groups is 2. The lowest BCUT2D eigenvalue weighted by Gasteiger charge is -2.23. The van der Waals surface area contributed by atoms with E-state index in [0.29, 0.717) is 5.92 Å². The first kappa shape index (κ1) is 13.4. The summed E-state index contributed by atoms with van der Waals surface area (Å²) in [5.74, 6) is 0.556. The minimum atomic E-state index is -0.0915. The highest BCUT2D eigenvalue weighted by molar-refractivity contribution is 5.93. The van der Waals surface area contributed by atoms with E-state index in [2.05, 4.69) is 27.4 Å². The molecule has 1 unspecified atom stereocenters. The normalized spacial score (nSPS) is 20.0. The van der Waals surface area contributed by atoms with E-state index in [1.165, 1.54) is 18.4 Å². The molecular weight excluding hydrogens is 240 g/mol. The van der Waals surface area contributed by atoms with Gasteiger partial charge in [0.15, 0.2) is 5.96 Å². The highest BCUT2D eigenvalue weighted by Gasteiger charge is 2.14. The predicted molar refractivity (Wildman–Crippen MR) is 78.4 cm³/mol. The Hall–Kier alpha value is -2.08. The maximum Gasteiger partial charge on any atom is 0.223 e. The van der Waals surface area contributed by atoms with Crippen LogP contribution in [0.4, 0.5) is 5.69 Å². The van der Waals surface area contributed by atoms with Gasteiger partial charge in [0.05, 0.1) is 5.69 Å². The summed E-state index contributed by atoms with van der Waals surface area (Å²) >= 11 is 0. The molecular formula is C13H20N6. The van der Waals surface area contributed by atoms with Crippen molar-refractivity contribution in [2.75, 3.05) is 13.1 Å². The molecule has 19 heavy (non-hydrogen) atoms. The summed E-state index contributed by atoms with van der Waals surface area (Å²) in [6.45, 7) is 2.16. The first-order chi connectivity index (χ1) is 9.15. The highest BCUT2D eigenvalue weighted by atomic mass is 15.1. The Balaban J connectivity index is 2.07. The lowest BCUT2D eigenvalue weighted by molar-refractivity contribution is 0.461.